The fraction of sp³-hybridized carbons (Fsp3) is 0.333. The molecule has 2 N–H and O–H groups in total. The molecule has 0 fully saturated rings. The fourth-order valence-corrected chi connectivity index (χ4v) is 2.65. The van der Waals surface area contributed by atoms with Crippen LogP contribution in [0.4, 0.5) is 5.13 Å². The van der Waals surface area contributed by atoms with Crippen LogP contribution in [0.5, 0.6) is 0 Å². The lowest BCUT2D eigenvalue weighted by molar-refractivity contribution is -0.136. The van der Waals surface area contributed by atoms with Crippen LogP contribution in [0.3, 0.4) is 0 Å². The average molecular weight is 330 g/mol. The molecule has 0 radical (unpaired) electrons. The summed E-state index contributed by atoms with van der Waals surface area (Å²) in [6.45, 7) is 1.75. The number of halogens is 1. The highest BCUT2D eigenvalue weighted by atomic mass is 35.5. The highest BCUT2D eigenvalue weighted by molar-refractivity contribution is 7.13. The number of carboxylic acids is 1. The molecule has 0 spiro atoms. The monoisotopic (exact) mass is 329 g/mol. The topological polar surface area (TPSA) is 105 Å². The summed E-state index contributed by atoms with van der Waals surface area (Å²) in [5.74, 6) is -1.20. The van der Waals surface area contributed by atoms with Crippen molar-refractivity contribution in [3.05, 3.63) is 27.6 Å². The van der Waals surface area contributed by atoms with E-state index in [0.717, 1.165) is 0 Å². The standard InChI is InChI=1S/C12H12ClN3O4S/c1-6-8(11(13)20-16-6)2-3-9(17)15-12-14-7(5-21-12)4-10(18)19/h5H,2-4H2,1H3,(H,18,19)(H,14,15,17). The van der Waals surface area contributed by atoms with Crippen LogP contribution in [0.25, 0.3) is 0 Å². The smallest absolute Gasteiger partial charge is 0.309 e. The number of nitrogens with zero attached hydrogens (tertiary/aromatic N) is 2. The van der Waals surface area contributed by atoms with E-state index in [1.165, 1.54) is 11.3 Å². The van der Waals surface area contributed by atoms with Gasteiger partial charge in [-0.3, -0.25) is 9.59 Å². The Hall–Kier alpha value is -1.93. The van der Waals surface area contributed by atoms with Gasteiger partial charge in [-0.25, -0.2) is 4.98 Å². The molecular formula is C12H12ClN3O4S. The molecule has 2 rings (SSSR count). The van der Waals surface area contributed by atoms with Gasteiger partial charge in [-0.05, 0) is 24.9 Å². The van der Waals surface area contributed by atoms with Crippen LogP contribution in [-0.4, -0.2) is 27.1 Å². The van der Waals surface area contributed by atoms with Crippen LogP contribution in [0, 0.1) is 6.92 Å². The number of thiazole rings is 1. The zero-order chi connectivity index (χ0) is 15.4. The molecule has 0 saturated carbocycles. The maximum Gasteiger partial charge on any atom is 0.309 e. The van der Waals surface area contributed by atoms with Crippen LogP contribution >= 0.6 is 22.9 Å². The molecule has 0 saturated heterocycles. The summed E-state index contributed by atoms with van der Waals surface area (Å²) in [5.41, 5.74) is 1.78. The number of carboxylic acid groups (broad SMARTS) is 1. The molecule has 0 aliphatic heterocycles. The first-order valence-corrected chi connectivity index (χ1v) is 7.28. The van der Waals surface area contributed by atoms with E-state index in [4.69, 9.17) is 21.2 Å². The van der Waals surface area contributed by atoms with Crippen LogP contribution in [0.15, 0.2) is 9.90 Å². The molecular weight excluding hydrogens is 318 g/mol. The predicted molar refractivity (Wildman–Crippen MR) is 76.7 cm³/mol. The van der Waals surface area contributed by atoms with Gasteiger partial charge in [-0.2, -0.15) is 0 Å². The first kappa shape index (κ1) is 15.5. The molecule has 0 aromatic carbocycles. The van der Waals surface area contributed by atoms with E-state index >= 15 is 0 Å². The largest absolute Gasteiger partial charge is 0.481 e. The van der Waals surface area contributed by atoms with Gasteiger partial charge in [0.05, 0.1) is 17.8 Å². The second kappa shape index (κ2) is 6.68. The van der Waals surface area contributed by atoms with Crippen LogP contribution in [-0.2, 0) is 22.4 Å². The molecule has 0 bridgehead atoms. The van der Waals surface area contributed by atoms with E-state index in [0.29, 0.717) is 28.5 Å². The molecule has 21 heavy (non-hydrogen) atoms. The molecule has 0 unspecified atom stereocenters. The summed E-state index contributed by atoms with van der Waals surface area (Å²) in [6, 6.07) is 0. The van der Waals surface area contributed by atoms with Crippen LogP contribution in [0.2, 0.25) is 5.22 Å². The molecule has 2 aromatic rings. The maximum atomic E-state index is 11.8. The van der Waals surface area contributed by atoms with Crippen molar-refractivity contribution in [3.63, 3.8) is 0 Å². The third-order valence-electron chi connectivity index (χ3n) is 2.67. The van der Waals surface area contributed by atoms with E-state index in [9.17, 15) is 9.59 Å². The van der Waals surface area contributed by atoms with E-state index in [2.05, 4.69) is 15.5 Å². The number of aryl methyl sites for hydroxylation is 1. The van der Waals surface area contributed by atoms with Crippen molar-refractivity contribution >= 4 is 39.9 Å². The maximum absolute atomic E-state index is 11.8. The molecule has 2 aromatic heterocycles. The second-order valence-electron chi connectivity index (χ2n) is 4.28. The summed E-state index contributed by atoms with van der Waals surface area (Å²) in [5, 5.41) is 17.1. The Morgan fingerprint density at radius 2 is 2.29 bits per heavy atom. The number of hydrogen-bond donors (Lipinski definition) is 2. The van der Waals surface area contributed by atoms with Crippen molar-refractivity contribution in [1.82, 2.24) is 10.1 Å². The highest BCUT2D eigenvalue weighted by Gasteiger charge is 2.14. The molecule has 9 heteroatoms. The molecule has 0 aliphatic rings. The van der Waals surface area contributed by atoms with Gasteiger partial charge in [-0.15, -0.1) is 11.3 Å². The third-order valence-corrected chi connectivity index (χ3v) is 3.77. The average Bonchev–Trinajstić information content (AvgIpc) is 2.95. The number of nitrogens with one attached hydrogen (secondary N) is 1. The van der Waals surface area contributed by atoms with Gasteiger partial charge < -0.3 is 14.9 Å². The summed E-state index contributed by atoms with van der Waals surface area (Å²) in [7, 11) is 0. The number of aromatic nitrogens is 2. The normalized spacial score (nSPS) is 10.6. The van der Waals surface area contributed by atoms with Gasteiger partial charge in [0.2, 0.25) is 11.1 Å². The number of aliphatic carboxylic acids is 1. The number of rotatable bonds is 6. The Bertz CT molecular complexity index is 648. The van der Waals surface area contributed by atoms with E-state index in [1.807, 2.05) is 0 Å². The Labute approximate surface area is 128 Å². The van der Waals surface area contributed by atoms with Gasteiger partial charge in [0.15, 0.2) is 5.13 Å². The van der Waals surface area contributed by atoms with Gasteiger partial charge in [0.1, 0.15) is 0 Å². The lowest BCUT2D eigenvalue weighted by Crippen LogP contribution is -2.12. The summed E-state index contributed by atoms with van der Waals surface area (Å²) in [4.78, 5) is 26.4. The first-order valence-electron chi connectivity index (χ1n) is 6.02. The van der Waals surface area contributed by atoms with E-state index in [-0.39, 0.29) is 24.0 Å². The zero-order valence-electron chi connectivity index (χ0n) is 11.1. The Morgan fingerprint density at radius 1 is 1.52 bits per heavy atom. The minimum atomic E-state index is -0.962. The number of amides is 1. The van der Waals surface area contributed by atoms with Crippen molar-refractivity contribution < 1.29 is 19.2 Å². The Balaban J connectivity index is 1.87. The fourth-order valence-electron chi connectivity index (χ4n) is 1.66. The molecule has 0 aliphatic carbocycles. The van der Waals surface area contributed by atoms with Crippen LogP contribution in [0.1, 0.15) is 23.4 Å². The minimum absolute atomic E-state index is 0.165. The summed E-state index contributed by atoms with van der Waals surface area (Å²) < 4.78 is 4.80. The van der Waals surface area contributed by atoms with Gasteiger partial charge in [0, 0.05) is 17.4 Å². The molecule has 7 nitrogen and oxygen atoms in total. The van der Waals surface area contributed by atoms with Crippen molar-refractivity contribution in [1.29, 1.82) is 0 Å². The number of carbonyl (C=O) groups is 2. The predicted octanol–water partition coefficient (Wildman–Crippen LogP) is 2.29. The summed E-state index contributed by atoms with van der Waals surface area (Å²) >= 11 is 7.00. The third kappa shape index (κ3) is 4.27. The Kier molecular flexibility index (Phi) is 4.92. The zero-order valence-corrected chi connectivity index (χ0v) is 12.6. The van der Waals surface area contributed by atoms with Crippen LogP contribution < -0.4 is 5.32 Å². The van der Waals surface area contributed by atoms with Crippen molar-refractivity contribution in [2.24, 2.45) is 0 Å². The molecule has 0 atom stereocenters. The number of anilines is 1. The molecule has 2 heterocycles. The van der Waals surface area contributed by atoms with E-state index in [1.54, 1.807) is 12.3 Å². The number of carbonyl (C=O) groups excluding carboxylic acids is 1. The lowest BCUT2D eigenvalue weighted by atomic mass is 10.1. The molecule has 1 amide bonds. The summed E-state index contributed by atoms with van der Waals surface area (Å²) in [6.07, 6.45) is 0.449. The second-order valence-corrected chi connectivity index (χ2v) is 5.48. The quantitative estimate of drug-likeness (QED) is 0.842. The molecule has 112 valence electrons. The van der Waals surface area contributed by atoms with Gasteiger partial charge >= 0.3 is 5.97 Å². The van der Waals surface area contributed by atoms with Crippen molar-refractivity contribution in [2.75, 3.05) is 5.32 Å². The van der Waals surface area contributed by atoms with E-state index < -0.39 is 5.97 Å². The van der Waals surface area contributed by atoms with Crippen molar-refractivity contribution in [3.8, 4) is 0 Å². The number of hydrogen-bond acceptors (Lipinski definition) is 6. The first-order chi connectivity index (χ1) is 9.95. The Morgan fingerprint density at radius 3 is 2.90 bits per heavy atom. The highest BCUT2D eigenvalue weighted by Crippen LogP contribution is 2.21. The SMILES string of the molecule is Cc1noc(Cl)c1CCC(=O)Nc1nc(CC(=O)O)cs1. The van der Waals surface area contributed by atoms with Crippen molar-refractivity contribution in [2.45, 2.75) is 26.2 Å². The van der Waals surface area contributed by atoms with Gasteiger partial charge in [-0.1, -0.05) is 5.16 Å². The minimum Gasteiger partial charge on any atom is -0.481 e. The lowest BCUT2D eigenvalue weighted by Gasteiger charge is -2.01. The van der Waals surface area contributed by atoms with Gasteiger partial charge in [0.25, 0.3) is 0 Å².